The summed E-state index contributed by atoms with van der Waals surface area (Å²) < 4.78 is 40.3. The molecule has 1 unspecified atom stereocenters. The fraction of sp³-hybridized carbons (Fsp3) is 0.412. The number of benzene rings is 3. The van der Waals surface area contributed by atoms with E-state index in [0.717, 1.165) is 42.5 Å². The summed E-state index contributed by atoms with van der Waals surface area (Å²) in [7, 11) is -1.76. The van der Waals surface area contributed by atoms with Crippen molar-refractivity contribution < 1.29 is 32.4 Å². The summed E-state index contributed by atoms with van der Waals surface area (Å²) in [5.41, 5.74) is 0.511. The molecule has 3 aromatic rings. The Labute approximate surface area is 286 Å². The van der Waals surface area contributed by atoms with Crippen LogP contribution in [0.5, 0.6) is 11.5 Å². The van der Waals surface area contributed by atoms with Gasteiger partial charge in [0.1, 0.15) is 24.1 Å². The lowest BCUT2D eigenvalue weighted by atomic mass is 9.95. The van der Waals surface area contributed by atoms with E-state index in [-0.39, 0.29) is 46.9 Å². The van der Waals surface area contributed by atoms with Crippen molar-refractivity contribution in [3.05, 3.63) is 86.9 Å². The van der Waals surface area contributed by atoms with E-state index in [1.807, 2.05) is 0 Å². The number of nitro benzene ring substituents is 1. The van der Waals surface area contributed by atoms with Crippen LogP contribution in [0.4, 0.5) is 11.4 Å². The lowest BCUT2D eigenvalue weighted by molar-refractivity contribution is -0.385. The molecular weight excluding hydrogens is 660 g/mol. The zero-order valence-corrected chi connectivity index (χ0v) is 29.1. The van der Waals surface area contributed by atoms with Gasteiger partial charge in [0.2, 0.25) is 11.8 Å². The van der Waals surface area contributed by atoms with Gasteiger partial charge in [-0.05, 0) is 68.1 Å². The topological polar surface area (TPSA) is 148 Å². The Bertz CT molecular complexity index is 1730. The van der Waals surface area contributed by atoms with Gasteiger partial charge >= 0.3 is 0 Å². The fourth-order valence-electron chi connectivity index (χ4n) is 5.84. The van der Waals surface area contributed by atoms with Gasteiger partial charge in [-0.3, -0.25) is 24.0 Å². The van der Waals surface area contributed by atoms with Crippen LogP contribution in [0.1, 0.15) is 56.6 Å². The predicted molar refractivity (Wildman–Crippen MR) is 183 cm³/mol. The molecule has 0 aromatic heterocycles. The monoisotopic (exact) mass is 700 g/mol. The number of hydrogen-bond donors (Lipinski definition) is 1. The molecule has 14 heteroatoms. The van der Waals surface area contributed by atoms with E-state index in [1.165, 1.54) is 56.4 Å². The summed E-state index contributed by atoms with van der Waals surface area (Å²) in [6.07, 6.45) is 5.06. The number of rotatable bonds is 14. The molecule has 12 nitrogen and oxygen atoms in total. The lowest BCUT2D eigenvalue weighted by Crippen LogP contribution is -2.54. The third-order valence-corrected chi connectivity index (χ3v) is 10.5. The average Bonchev–Trinajstić information content (AvgIpc) is 3.07. The summed E-state index contributed by atoms with van der Waals surface area (Å²) in [5, 5.41) is 15.0. The molecule has 1 fully saturated rings. The third kappa shape index (κ3) is 8.56. The van der Waals surface area contributed by atoms with Gasteiger partial charge in [0.15, 0.2) is 0 Å². The predicted octanol–water partition coefficient (Wildman–Crippen LogP) is 6.03. The Morgan fingerprint density at radius 3 is 2.31 bits per heavy atom. The van der Waals surface area contributed by atoms with Gasteiger partial charge in [-0.25, -0.2) is 8.42 Å². The van der Waals surface area contributed by atoms with E-state index in [1.54, 1.807) is 31.2 Å². The maximum atomic E-state index is 14.5. The van der Waals surface area contributed by atoms with E-state index < -0.39 is 44.0 Å². The first kappa shape index (κ1) is 36.5. The lowest BCUT2D eigenvalue weighted by Gasteiger charge is -2.34. The Balaban J connectivity index is 1.80. The van der Waals surface area contributed by atoms with Crippen molar-refractivity contribution in [1.29, 1.82) is 0 Å². The highest BCUT2D eigenvalue weighted by Gasteiger charge is 2.36. The summed E-state index contributed by atoms with van der Waals surface area (Å²) in [4.78, 5) is 40.3. The largest absolute Gasteiger partial charge is 0.497 e. The molecule has 2 amide bonds. The number of methoxy groups -OCH3 is 2. The molecule has 1 aliphatic carbocycles. The van der Waals surface area contributed by atoms with Gasteiger partial charge in [-0.2, -0.15) is 0 Å². The van der Waals surface area contributed by atoms with Gasteiger partial charge in [-0.15, -0.1) is 0 Å². The van der Waals surface area contributed by atoms with Crippen molar-refractivity contribution >= 4 is 44.8 Å². The number of anilines is 1. The summed E-state index contributed by atoms with van der Waals surface area (Å²) in [6.45, 7) is 2.52. The standard InChI is InChI=1S/C34H41ClN4O8S/c1-5-29(34(41)36-26-9-7-6-8-10-26)37(21-24-12-15-27(46-3)16-13-24)33(40)22-38(31-19-25(35)14-18-32(31)47-4)48(44,45)28-17-11-23(2)30(20-28)39(42)43/h11-20,26,29H,5-10,21-22H2,1-4H3,(H,36,41). The zero-order chi connectivity index (χ0) is 35.0. The van der Waals surface area contributed by atoms with E-state index >= 15 is 0 Å². The molecular formula is C34H41ClN4O8S. The molecule has 258 valence electrons. The van der Waals surface area contributed by atoms with Crippen LogP contribution in [0.2, 0.25) is 5.02 Å². The number of ether oxygens (including phenoxy) is 2. The van der Waals surface area contributed by atoms with E-state index in [2.05, 4.69) is 5.32 Å². The second-order valence-electron chi connectivity index (χ2n) is 11.7. The van der Waals surface area contributed by atoms with Gasteiger partial charge in [0.25, 0.3) is 15.7 Å². The van der Waals surface area contributed by atoms with E-state index in [9.17, 15) is 28.1 Å². The third-order valence-electron chi connectivity index (χ3n) is 8.50. The molecule has 48 heavy (non-hydrogen) atoms. The Morgan fingerprint density at radius 1 is 1.02 bits per heavy atom. The minimum absolute atomic E-state index is 0.00398. The van der Waals surface area contributed by atoms with Gasteiger partial charge in [0.05, 0.1) is 29.7 Å². The van der Waals surface area contributed by atoms with Gasteiger partial charge in [-0.1, -0.05) is 56.0 Å². The normalized spacial score (nSPS) is 14.1. The highest BCUT2D eigenvalue weighted by molar-refractivity contribution is 7.92. The van der Waals surface area contributed by atoms with E-state index in [0.29, 0.717) is 11.3 Å². The molecule has 0 saturated heterocycles. The number of halogens is 1. The van der Waals surface area contributed by atoms with Crippen LogP contribution < -0.4 is 19.1 Å². The molecule has 1 N–H and O–H groups in total. The maximum Gasteiger partial charge on any atom is 0.273 e. The van der Waals surface area contributed by atoms with Crippen LogP contribution in [0.15, 0.2) is 65.6 Å². The molecule has 1 aliphatic rings. The molecule has 0 bridgehead atoms. The Hall–Kier alpha value is -4.36. The first-order valence-electron chi connectivity index (χ1n) is 15.7. The zero-order valence-electron chi connectivity index (χ0n) is 27.5. The molecule has 3 aromatic carbocycles. The number of carbonyl (C=O) groups is 2. The number of amides is 2. The number of carbonyl (C=O) groups excluding carboxylic acids is 2. The minimum atomic E-state index is -4.64. The second-order valence-corrected chi connectivity index (χ2v) is 14.0. The Morgan fingerprint density at radius 2 is 1.71 bits per heavy atom. The van der Waals surface area contributed by atoms with Gasteiger partial charge < -0.3 is 19.7 Å². The fourth-order valence-corrected chi connectivity index (χ4v) is 7.44. The molecule has 0 aliphatic heterocycles. The minimum Gasteiger partial charge on any atom is -0.497 e. The summed E-state index contributed by atoms with van der Waals surface area (Å²) in [6, 6.07) is 13.9. The van der Waals surface area contributed by atoms with Gasteiger partial charge in [0, 0.05) is 29.2 Å². The number of aryl methyl sites for hydroxylation is 1. The molecule has 4 rings (SSSR count). The van der Waals surface area contributed by atoms with Crippen molar-refractivity contribution in [1.82, 2.24) is 10.2 Å². The quantitative estimate of drug-likeness (QED) is 0.158. The SMILES string of the molecule is CCC(C(=O)NC1CCCCC1)N(Cc1ccc(OC)cc1)C(=O)CN(c1cc(Cl)ccc1OC)S(=O)(=O)c1ccc(C)c([N+](=O)[O-])c1. The van der Waals surface area contributed by atoms with Crippen molar-refractivity contribution in [2.45, 2.75) is 75.9 Å². The summed E-state index contributed by atoms with van der Waals surface area (Å²) in [5.74, 6) is -0.295. The van der Waals surface area contributed by atoms with Crippen LogP contribution in [0.3, 0.4) is 0 Å². The highest BCUT2D eigenvalue weighted by atomic mass is 35.5. The molecule has 1 atom stereocenters. The number of nitrogens with zero attached hydrogens (tertiary/aromatic N) is 3. The highest BCUT2D eigenvalue weighted by Crippen LogP contribution is 2.36. The first-order chi connectivity index (χ1) is 22.9. The summed E-state index contributed by atoms with van der Waals surface area (Å²) >= 11 is 6.31. The molecule has 0 heterocycles. The van der Waals surface area contributed by atoms with Crippen LogP contribution in [-0.2, 0) is 26.2 Å². The molecule has 0 radical (unpaired) electrons. The number of sulfonamides is 1. The smallest absolute Gasteiger partial charge is 0.273 e. The van der Waals surface area contributed by atoms with Crippen molar-refractivity contribution in [2.75, 3.05) is 25.1 Å². The molecule has 1 saturated carbocycles. The van der Waals surface area contributed by atoms with Crippen molar-refractivity contribution in [3.63, 3.8) is 0 Å². The second kappa shape index (κ2) is 16.2. The van der Waals surface area contributed by atoms with Crippen LogP contribution in [-0.4, -0.2) is 62.9 Å². The number of nitro groups is 1. The number of nitrogens with one attached hydrogen (secondary N) is 1. The Kier molecular flexibility index (Phi) is 12.3. The van der Waals surface area contributed by atoms with E-state index in [4.69, 9.17) is 21.1 Å². The molecule has 0 spiro atoms. The first-order valence-corrected chi connectivity index (χ1v) is 17.6. The maximum absolute atomic E-state index is 14.5. The van der Waals surface area contributed by atoms with Crippen molar-refractivity contribution in [2.24, 2.45) is 0 Å². The number of hydrogen-bond acceptors (Lipinski definition) is 8. The van der Waals surface area contributed by atoms with Crippen LogP contribution in [0, 0.1) is 17.0 Å². The average molecular weight is 701 g/mol. The van der Waals surface area contributed by atoms with Crippen LogP contribution >= 0.6 is 11.6 Å². The van der Waals surface area contributed by atoms with Crippen molar-refractivity contribution in [3.8, 4) is 11.5 Å². The van der Waals surface area contributed by atoms with Crippen LogP contribution in [0.25, 0.3) is 0 Å².